The first kappa shape index (κ1) is 22.2. The lowest BCUT2D eigenvalue weighted by Gasteiger charge is -2.34. The minimum atomic E-state index is -0.357. The Balaban J connectivity index is 1.23. The van der Waals surface area contributed by atoms with Crippen molar-refractivity contribution in [1.82, 2.24) is 24.4 Å². The Hall–Kier alpha value is -3.63. The van der Waals surface area contributed by atoms with Crippen LogP contribution in [0.4, 0.5) is 14.9 Å². The number of fused-ring (bicyclic) bond motifs is 1. The van der Waals surface area contributed by atoms with E-state index in [1.54, 1.807) is 17.0 Å². The number of amides is 2. The van der Waals surface area contributed by atoms with E-state index in [0.29, 0.717) is 53.9 Å². The van der Waals surface area contributed by atoms with Gasteiger partial charge >= 0.3 is 6.03 Å². The van der Waals surface area contributed by atoms with Gasteiger partial charge in [0.05, 0.1) is 5.69 Å². The highest BCUT2D eigenvalue weighted by molar-refractivity contribution is 7.19. The summed E-state index contributed by atoms with van der Waals surface area (Å²) in [5.41, 5.74) is 2.91. The fraction of sp³-hybridized carbons (Fsp3) is 0.250. The number of hydrogen-bond donors (Lipinski definition) is 1. The van der Waals surface area contributed by atoms with E-state index >= 15 is 0 Å². The number of nitrogens with zero attached hydrogens (tertiary/aromatic N) is 5. The van der Waals surface area contributed by atoms with Gasteiger partial charge in [0.25, 0.3) is 5.56 Å². The van der Waals surface area contributed by atoms with Crippen LogP contribution in [0.15, 0.2) is 59.4 Å². The number of aryl methyl sites for hydroxylation is 1. The van der Waals surface area contributed by atoms with Crippen LogP contribution >= 0.6 is 11.3 Å². The molecule has 1 aliphatic heterocycles. The number of piperazine rings is 1. The van der Waals surface area contributed by atoms with Gasteiger partial charge in [0, 0.05) is 50.0 Å². The molecule has 0 radical (unpaired) electrons. The van der Waals surface area contributed by atoms with Crippen molar-refractivity contribution in [2.24, 2.45) is 0 Å². The molecule has 34 heavy (non-hydrogen) atoms. The normalized spacial score (nSPS) is 14.5. The molecule has 2 aromatic heterocycles. The molecule has 5 rings (SSSR count). The average molecular weight is 479 g/mol. The number of benzene rings is 2. The van der Waals surface area contributed by atoms with E-state index in [1.165, 1.54) is 34.1 Å². The molecule has 0 unspecified atom stereocenters. The largest absolute Gasteiger partial charge is 0.322 e. The Labute approximate surface area is 199 Å². The van der Waals surface area contributed by atoms with Gasteiger partial charge in [0.15, 0.2) is 0 Å². The number of anilines is 1. The number of nitrogens with one attached hydrogen (secondary N) is 1. The summed E-state index contributed by atoms with van der Waals surface area (Å²) in [5.74, 6) is -0.357. The summed E-state index contributed by atoms with van der Waals surface area (Å²) >= 11 is 1.25. The highest BCUT2D eigenvalue weighted by Crippen LogP contribution is 2.25. The number of rotatable bonds is 4. The summed E-state index contributed by atoms with van der Waals surface area (Å²) in [6.07, 6.45) is 0. The number of halogens is 1. The molecule has 2 aromatic carbocycles. The predicted octanol–water partition coefficient (Wildman–Crippen LogP) is 3.62. The predicted molar refractivity (Wildman–Crippen MR) is 130 cm³/mol. The van der Waals surface area contributed by atoms with Crippen LogP contribution < -0.4 is 10.9 Å². The molecule has 4 aromatic rings. The van der Waals surface area contributed by atoms with E-state index in [2.05, 4.69) is 20.3 Å². The summed E-state index contributed by atoms with van der Waals surface area (Å²) in [5, 5.41) is 7.78. The second-order valence-corrected chi connectivity index (χ2v) is 9.21. The highest BCUT2D eigenvalue weighted by Gasteiger charge is 2.22. The van der Waals surface area contributed by atoms with Crippen LogP contribution in [-0.2, 0) is 6.54 Å². The van der Waals surface area contributed by atoms with Crippen LogP contribution in [0.1, 0.15) is 11.3 Å². The van der Waals surface area contributed by atoms with Gasteiger partial charge in [0.1, 0.15) is 10.8 Å². The summed E-state index contributed by atoms with van der Waals surface area (Å²) in [6, 6.07) is 15.2. The number of aromatic nitrogens is 3. The van der Waals surface area contributed by atoms with E-state index in [4.69, 9.17) is 0 Å². The summed E-state index contributed by atoms with van der Waals surface area (Å²) in [7, 11) is 0. The van der Waals surface area contributed by atoms with Crippen molar-refractivity contribution in [3.8, 4) is 10.6 Å². The molecular weight excluding hydrogens is 455 g/mol. The Bertz CT molecular complexity index is 1390. The molecule has 0 saturated carbocycles. The van der Waals surface area contributed by atoms with Crippen molar-refractivity contribution < 1.29 is 9.18 Å². The maximum absolute atomic E-state index is 13.6. The molecule has 0 atom stereocenters. The molecule has 3 heterocycles. The summed E-state index contributed by atoms with van der Waals surface area (Å²) in [6.45, 7) is 5.04. The van der Waals surface area contributed by atoms with E-state index in [9.17, 15) is 14.0 Å². The Kier molecular flexibility index (Phi) is 6.08. The topological polar surface area (TPSA) is 82.8 Å². The fourth-order valence-electron chi connectivity index (χ4n) is 3.85. The van der Waals surface area contributed by atoms with E-state index in [-0.39, 0.29) is 17.4 Å². The van der Waals surface area contributed by atoms with Gasteiger partial charge in [-0.15, -0.1) is 0 Å². The summed E-state index contributed by atoms with van der Waals surface area (Å²) < 4.78 is 14.8. The quantitative estimate of drug-likeness (QED) is 0.485. The van der Waals surface area contributed by atoms with Crippen LogP contribution in [0.3, 0.4) is 0 Å². The molecular formula is C24H23FN6O2S. The van der Waals surface area contributed by atoms with Gasteiger partial charge in [-0.2, -0.15) is 9.61 Å². The van der Waals surface area contributed by atoms with Crippen LogP contribution in [0.5, 0.6) is 0 Å². The average Bonchev–Trinajstić information content (AvgIpc) is 3.26. The maximum atomic E-state index is 13.6. The van der Waals surface area contributed by atoms with Gasteiger partial charge in [-0.1, -0.05) is 41.2 Å². The zero-order chi connectivity index (χ0) is 23.7. The zero-order valence-corrected chi connectivity index (χ0v) is 19.4. The molecule has 174 valence electrons. The molecule has 0 spiro atoms. The van der Waals surface area contributed by atoms with Crippen LogP contribution in [-0.4, -0.2) is 56.6 Å². The Morgan fingerprint density at radius 2 is 1.85 bits per heavy atom. The molecule has 1 saturated heterocycles. The number of hydrogen-bond acceptors (Lipinski definition) is 6. The van der Waals surface area contributed by atoms with Crippen molar-refractivity contribution in [3.63, 3.8) is 0 Å². The first-order chi connectivity index (χ1) is 16.4. The minimum Gasteiger partial charge on any atom is -0.322 e. The molecule has 1 N–H and O–H groups in total. The zero-order valence-electron chi connectivity index (χ0n) is 18.6. The molecule has 2 amide bonds. The summed E-state index contributed by atoms with van der Waals surface area (Å²) in [4.78, 5) is 34.2. The lowest BCUT2D eigenvalue weighted by atomic mass is 10.2. The third kappa shape index (κ3) is 4.82. The third-order valence-electron chi connectivity index (χ3n) is 5.72. The lowest BCUT2D eigenvalue weighted by molar-refractivity contribution is 0.142. The van der Waals surface area contributed by atoms with Crippen molar-refractivity contribution >= 4 is 28.0 Å². The lowest BCUT2D eigenvalue weighted by Crippen LogP contribution is -2.49. The SMILES string of the molecule is Cc1ccc(NC(=O)N2CCN(Cc3cc(=O)n4nc(-c5cccc(F)c5)sc4n3)CC2)cc1. The van der Waals surface area contributed by atoms with Gasteiger partial charge in [0.2, 0.25) is 4.96 Å². The van der Waals surface area contributed by atoms with Gasteiger partial charge < -0.3 is 10.2 Å². The molecule has 1 aliphatic rings. The Morgan fingerprint density at radius 1 is 1.09 bits per heavy atom. The van der Waals surface area contributed by atoms with Crippen molar-refractivity contribution in [2.45, 2.75) is 13.5 Å². The van der Waals surface area contributed by atoms with Crippen LogP contribution in [0.25, 0.3) is 15.5 Å². The van der Waals surface area contributed by atoms with Crippen LogP contribution in [0, 0.1) is 12.7 Å². The van der Waals surface area contributed by atoms with E-state index in [0.717, 1.165) is 11.3 Å². The Morgan fingerprint density at radius 3 is 2.59 bits per heavy atom. The molecule has 8 nitrogen and oxygen atoms in total. The third-order valence-corrected chi connectivity index (χ3v) is 6.68. The number of carbonyl (C=O) groups is 1. The van der Waals surface area contributed by atoms with Crippen LogP contribution in [0.2, 0.25) is 0 Å². The second kappa shape index (κ2) is 9.32. The molecule has 10 heteroatoms. The van der Waals surface area contributed by atoms with Crippen molar-refractivity contribution in [2.75, 3.05) is 31.5 Å². The smallest absolute Gasteiger partial charge is 0.321 e. The standard InChI is InChI=1S/C24H23FN6O2S/c1-16-5-7-19(8-6-16)26-23(33)30-11-9-29(10-12-30)15-20-14-21(32)31-24(27-20)34-22(28-31)17-3-2-4-18(25)13-17/h2-8,13-14H,9-12,15H2,1H3,(H,26,33). The monoisotopic (exact) mass is 478 g/mol. The van der Waals surface area contributed by atoms with Gasteiger partial charge in [-0.05, 0) is 31.2 Å². The van der Waals surface area contributed by atoms with Crippen molar-refractivity contribution in [1.29, 1.82) is 0 Å². The molecule has 0 aliphatic carbocycles. The van der Waals surface area contributed by atoms with Gasteiger partial charge in [-0.3, -0.25) is 9.69 Å². The van der Waals surface area contributed by atoms with E-state index in [1.807, 2.05) is 31.2 Å². The first-order valence-electron chi connectivity index (χ1n) is 11.0. The second-order valence-electron chi connectivity index (χ2n) is 8.26. The number of urea groups is 1. The maximum Gasteiger partial charge on any atom is 0.321 e. The minimum absolute atomic E-state index is 0.115. The highest BCUT2D eigenvalue weighted by atomic mass is 32.1. The van der Waals surface area contributed by atoms with Gasteiger partial charge in [-0.25, -0.2) is 14.2 Å². The molecule has 1 fully saturated rings. The fourth-order valence-corrected chi connectivity index (χ4v) is 4.77. The first-order valence-corrected chi connectivity index (χ1v) is 11.8. The van der Waals surface area contributed by atoms with E-state index < -0.39 is 0 Å². The number of carbonyl (C=O) groups excluding carboxylic acids is 1. The van der Waals surface area contributed by atoms with Crippen molar-refractivity contribution in [3.05, 3.63) is 82.0 Å². The molecule has 0 bridgehead atoms.